The van der Waals surface area contributed by atoms with Crippen LogP contribution in [-0.4, -0.2) is 56.8 Å². The summed E-state index contributed by atoms with van der Waals surface area (Å²) < 4.78 is 21.0. The van der Waals surface area contributed by atoms with Crippen LogP contribution in [0.3, 0.4) is 0 Å². The number of nitro groups is 1. The second kappa shape index (κ2) is 13.2. The molecule has 39 heavy (non-hydrogen) atoms. The molecule has 3 aromatic carbocycles. The smallest absolute Gasteiger partial charge is 0.343 e. The highest BCUT2D eigenvalue weighted by Gasteiger charge is 2.17. The number of nitrogens with one attached hydrogen (secondary N) is 2. The van der Waals surface area contributed by atoms with Crippen molar-refractivity contribution in [1.29, 1.82) is 0 Å². The number of benzene rings is 3. The molecule has 0 bridgehead atoms. The number of esters is 1. The van der Waals surface area contributed by atoms with E-state index in [0.29, 0.717) is 11.3 Å². The molecule has 0 unspecified atom stereocenters. The molecule has 0 atom stereocenters. The third kappa shape index (κ3) is 7.29. The number of nitro benzene ring substituents is 1. The highest BCUT2D eigenvalue weighted by molar-refractivity contribution is 5.98. The van der Waals surface area contributed by atoms with Gasteiger partial charge in [-0.3, -0.25) is 19.7 Å². The van der Waals surface area contributed by atoms with Gasteiger partial charge in [0.05, 0.1) is 44.6 Å². The highest BCUT2D eigenvalue weighted by atomic mass is 16.6. The molecule has 3 aromatic rings. The maximum atomic E-state index is 12.5. The van der Waals surface area contributed by atoms with E-state index < -0.39 is 22.7 Å². The molecule has 0 saturated carbocycles. The Kier molecular flexibility index (Phi) is 9.51. The molecule has 0 spiro atoms. The van der Waals surface area contributed by atoms with Crippen molar-refractivity contribution in [2.45, 2.75) is 0 Å². The normalized spacial score (nSPS) is 10.4. The lowest BCUT2D eigenvalue weighted by Gasteiger charge is -2.14. The summed E-state index contributed by atoms with van der Waals surface area (Å²) in [5.41, 5.74) is 2.78. The van der Waals surface area contributed by atoms with Gasteiger partial charge in [0.25, 0.3) is 17.5 Å². The van der Waals surface area contributed by atoms with Crippen molar-refractivity contribution in [2.24, 2.45) is 5.10 Å². The predicted octanol–water partition coefficient (Wildman–Crippen LogP) is 2.72. The van der Waals surface area contributed by atoms with E-state index in [1.165, 1.54) is 70.0 Å². The Morgan fingerprint density at radius 1 is 0.897 bits per heavy atom. The largest absolute Gasteiger partial charge is 0.493 e. The maximum Gasteiger partial charge on any atom is 0.343 e. The van der Waals surface area contributed by atoms with Crippen molar-refractivity contribution in [3.8, 4) is 23.0 Å². The molecule has 2 N–H and O–H groups in total. The molecule has 0 radical (unpaired) electrons. The number of amides is 2. The molecule has 2 amide bonds. The number of hydrogen-bond donors (Lipinski definition) is 2. The van der Waals surface area contributed by atoms with Crippen LogP contribution >= 0.6 is 0 Å². The Balaban J connectivity index is 1.58. The molecule has 0 fully saturated rings. The number of hydrogen-bond acceptors (Lipinski definition) is 10. The summed E-state index contributed by atoms with van der Waals surface area (Å²) in [6.45, 7) is -0.385. The Hall–Kier alpha value is -5.46. The molecule has 0 aliphatic heterocycles. The van der Waals surface area contributed by atoms with Crippen LogP contribution in [0.4, 0.5) is 5.69 Å². The fraction of sp³-hybridized carbons (Fsp3) is 0.154. The monoisotopic (exact) mass is 536 g/mol. The molecule has 0 saturated heterocycles. The number of ether oxygens (including phenoxy) is 4. The van der Waals surface area contributed by atoms with Crippen molar-refractivity contribution in [3.63, 3.8) is 0 Å². The van der Waals surface area contributed by atoms with Crippen LogP contribution in [0.25, 0.3) is 0 Å². The van der Waals surface area contributed by atoms with Crippen molar-refractivity contribution >= 4 is 29.7 Å². The van der Waals surface area contributed by atoms with Crippen LogP contribution in [-0.2, 0) is 4.79 Å². The molecule has 0 aliphatic carbocycles. The lowest BCUT2D eigenvalue weighted by molar-refractivity contribution is -0.384. The zero-order valence-corrected chi connectivity index (χ0v) is 21.1. The molecule has 0 aliphatic rings. The maximum absolute atomic E-state index is 12.5. The number of methoxy groups -OCH3 is 3. The molecule has 0 aromatic heterocycles. The number of nitrogens with zero attached hydrogens (tertiary/aromatic N) is 2. The first-order valence-electron chi connectivity index (χ1n) is 11.2. The van der Waals surface area contributed by atoms with E-state index in [2.05, 4.69) is 15.8 Å². The van der Waals surface area contributed by atoms with Gasteiger partial charge in [-0.05, 0) is 36.4 Å². The van der Waals surface area contributed by atoms with Gasteiger partial charge in [0.15, 0.2) is 11.5 Å². The first-order valence-corrected chi connectivity index (χ1v) is 11.2. The van der Waals surface area contributed by atoms with Crippen molar-refractivity contribution in [2.75, 3.05) is 27.9 Å². The van der Waals surface area contributed by atoms with Gasteiger partial charge < -0.3 is 24.3 Å². The zero-order valence-electron chi connectivity index (χ0n) is 21.1. The Morgan fingerprint density at radius 3 is 2.13 bits per heavy atom. The lowest BCUT2D eigenvalue weighted by atomic mass is 10.1. The van der Waals surface area contributed by atoms with E-state index in [1.54, 1.807) is 18.2 Å². The minimum atomic E-state index is -0.732. The zero-order chi connectivity index (χ0) is 28.4. The van der Waals surface area contributed by atoms with E-state index in [1.807, 2.05) is 0 Å². The first-order chi connectivity index (χ1) is 18.8. The number of rotatable bonds is 11. The minimum absolute atomic E-state index is 0.114. The summed E-state index contributed by atoms with van der Waals surface area (Å²) in [5.74, 6) is -0.876. The van der Waals surface area contributed by atoms with Gasteiger partial charge in [0, 0.05) is 23.3 Å². The van der Waals surface area contributed by atoms with Gasteiger partial charge in [-0.25, -0.2) is 10.2 Å². The van der Waals surface area contributed by atoms with Gasteiger partial charge in [-0.15, -0.1) is 0 Å². The van der Waals surface area contributed by atoms with Gasteiger partial charge in [0.2, 0.25) is 5.75 Å². The van der Waals surface area contributed by atoms with Gasteiger partial charge in [-0.1, -0.05) is 12.1 Å². The van der Waals surface area contributed by atoms with Gasteiger partial charge in [-0.2, -0.15) is 5.10 Å². The molecule has 13 nitrogen and oxygen atoms in total. The minimum Gasteiger partial charge on any atom is -0.493 e. The van der Waals surface area contributed by atoms with E-state index in [4.69, 9.17) is 18.9 Å². The number of carbonyl (C=O) groups is 3. The number of non-ortho nitro benzene ring substituents is 1. The van der Waals surface area contributed by atoms with E-state index >= 15 is 0 Å². The molecule has 202 valence electrons. The molecule has 13 heteroatoms. The summed E-state index contributed by atoms with van der Waals surface area (Å²) in [7, 11) is 4.27. The highest BCUT2D eigenvalue weighted by Crippen LogP contribution is 2.38. The summed E-state index contributed by atoms with van der Waals surface area (Å²) in [6, 6.07) is 14.3. The van der Waals surface area contributed by atoms with Crippen molar-refractivity contribution in [3.05, 3.63) is 87.5 Å². The second-order valence-electron chi connectivity index (χ2n) is 7.62. The van der Waals surface area contributed by atoms with Gasteiger partial charge in [0.1, 0.15) is 5.75 Å². The average molecular weight is 536 g/mol. The number of para-hydroxylation sites is 1. The van der Waals surface area contributed by atoms with Crippen LogP contribution in [0, 0.1) is 10.1 Å². The molecular formula is C26H24N4O9. The summed E-state index contributed by atoms with van der Waals surface area (Å²) in [5, 5.41) is 17.1. The predicted molar refractivity (Wildman–Crippen MR) is 139 cm³/mol. The molecule has 0 heterocycles. The summed E-state index contributed by atoms with van der Waals surface area (Å²) >= 11 is 0. The van der Waals surface area contributed by atoms with Gasteiger partial charge >= 0.3 is 5.97 Å². The number of carbonyl (C=O) groups excluding carboxylic acids is 3. The number of hydrazone groups is 1. The first kappa shape index (κ1) is 28.1. The fourth-order valence-electron chi connectivity index (χ4n) is 3.25. The van der Waals surface area contributed by atoms with E-state index in [9.17, 15) is 24.5 Å². The summed E-state index contributed by atoms with van der Waals surface area (Å²) in [6.07, 6.45) is 1.26. The second-order valence-corrected chi connectivity index (χ2v) is 7.62. The fourth-order valence-corrected chi connectivity index (χ4v) is 3.25. The Morgan fingerprint density at radius 2 is 1.54 bits per heavy atom. The Labute approximate surface area is 222 Å². The van der Waals surface area contributed by atoms with Crippen LogP contribution in [0.2, 0.25) is 0 Å². The summed E-state index contributed by atoms with van der Waals surface area (Å²) in [4.78, 5) is 47.4. The third-order valence-corrected chi connectivity index (χ3v) is 5.16. The molecular weight excluding hydrogens is 512 g/mol. The standard InChI is InChI=1S/C26H24N4O9/c1-36-21-12-18(13-22(37-2)24(21)38-3)25(32)27-15-23(31)29-28-14-17-6-4-5-7-20(17)39-26(33)16-8-10-19(11-9-16)30(34)35/h4-14H,15H2,1-3H3,(H,27,32)(H,29,31)/b28-14+. The lowest BCUT2D eigenvalue weighted by Crippen LogP contribution is -2.35. The Bertz CT molecular complexity index is 1380. The third-order valence-electron chi connectivity index (χ3n) is 5.16. The van der Waals surface area contributed by atoms with E-state index in [-0.39, 0.29) is 40.6 Å². The van der Waals surface area contributed by atoms with Crippen LogP contribution < -0.4 is 29.7 Å². The molecule has 3 rings (SSSR count). The quantitative estimate of drug-likeness (QED) is 0.123. The van der Waals surface area contributed by atoms with Crippen molar-refractivity contribution < 1.29 is 38.3 Å². The van der Waals surface area contributed by atoms with Crippen LogP contribution in [0.5, 0.6) is 23.0 Å². The van der Waals surface area contributed by atoms with Crippen LogP contribution in [0.1, 0.15) is 26.3 Å². The average Bonchev–Trinajstić information content (AvgIpc) is 2.95. The van der Waals surface area contributed by atoms with Crippen molar-refractivity contribution in [1.82, 2.24) is 10.7 Å². The van der Waals surface area contributed by atoms with Crippen LogP contribution in [0.15, 0.2) is 65.8 Å². The van der Waals surface area contributed by atoms with E-state index in [0.717, 1.165) is 0 Å². The SMILES string of the molecule is COc1cc(C(=O)NCC(=O)N/N=C/c2ccccc2OC(=O)c2ccc([N+](=O)[O-])cc2)cc(OC)c1OC. The topological polar surface area (TPSA) is 168 Å².